The van der Waals surface area contributed by atoms with Gasteiger partial charge in [0.2, 0.25) is 0 Å². The molecule has 0 aromatic heterocycles. The van der Waals surface area contributed by atoms with Crippen molar-refractivity contribution in [1.29, 1.82) is 0 Å². The molecule has 0 radical (unpaired) electrons. The van der Waals surface area contributed by atoms with Crippen molar-refractivity contribution in [2.24, 2.45) is 0 Å². The molecule has 116 valence electrons. The maximum Gasteiger partial charge on any atom is 0.138 e. The Labute approximate surface area is 135 Å². The van der Waals surface area contributed by atoms with Crippen molar-refractivity contribution in [3.8, 4) is 5.75 Å². The van der Waals surface area contributed by atoms with Gasteiger partial charge in [-0.2, -0.15) is 0 Å². The molecule has 1 heterocycles. The second kappa shape index (κ2) is 6.67. The highest BCUT2D eigenvalue weighted by atomic mass is 79.9. The van der Waals surface area contributed by atoms with E-state index in [1.54, 1.807) is 0 Å². The van der Waals surface area contributed by atoms with Crippen molar-refractivity contribution in [2.45, 2.75) is 57.3 Å². The maximum atomic E-state index is 6.38. The van der Waals surface area contributed by atoms with Crippen molar-refractivity contribution in [3.05, 3.63) is 28.2 Å². The molecular weight excluding hydrogens is 330 g/mol. The summed E-state index contributed by atoms with van der Waals surface area (Å²) in [5.41, 5.74) is 1.35. The van der Waals surface area contributed by atoms with Gasteiger partial charge in [-0.3, -0.25) is 0 Å². The van der Waals surface area contributed by atoms with E-state index in [2.05, 4.69) is 46.4 Å². The van der Waals surface area contributed by atoms with Crippen LogP contribution in [-0.2, 0) is 11.3 Å². The number of hydrogen-bond donors (Lipinski definition) is 1. The van der Waals surface area contributed by atoms with Gasteiger partial charge in [0.15, 0.2) is 0 Å². The fourth-order valence-electron chi connectivity index (χ4n) is 3.25. The number of hydrogen-bond acceptors (Lipinski definition) is 3. The van der Waals surface area contributed by atoms with Crippen LogP contribution in [0.5, 0.6) is 5.75 Å². The van der Waals surface area contributed by atoms with E-state index in [0.717, 1.165) is 42.8 Å². The molecule has 1 aromatic rings. The Morgan fingerprint density at radius 2 is 2.29 bits per heavy atom. The summed E-state index contributed by atoms with van der Waals surface area (Å²) in [6.45, 7) is 4.76. The normalized spacial score (nSPS) is 23.8. The number of nitrogens with one attached hydrogen (secondary N) is 1. The molecule has 1 atom stereocenters. The third kappa shape index (κ3) is 3.43. The van der Waals surface area contributed by atoms with E-state index >= 15 is 0 Å². The van der Waals surface area contributed by atoms with Gasteiger partial charge in [0, 0.05) is 24.9 Å². The van der Waals surface area contributed by atoms with Crippen molar-refractivity contribution < 1.29 is 9.47 Å². The highest BCUT2D eigenvalue weighted by Gasteiger charge is 2.43. The molecule has 1 aromatic carbocycles. The number of para-hydroxylation sites is 1. The Morgan fingerprint density at radius 3 is 3.00 bits per heavy atom. The van der Waals surface area contributed by atoms with Crippen LogP contribution in [0, 0.1) is 0 Å². The van der Waals surface area contributed by atoms with Gasteiger partial charge < -0.3 is 14.8 Å². The molecule has 0 bridgehead atoms. The van der Waals surface area contributed by atoms with Crippen LogP contribution in [0.3, 0.4) is 0 Å². The first kappa shape index (κ1) is 15.3. The van der Waals surface area contributed by atoms with E-state index in [-0.39, 0.29) is 11.7 Å². The quantitative estimate of drug-likeness (QED) is 0.866. The lowest BCUT2D eigenvalue weighted by molar-refractivity contribution is -0.153. The van der Waals surface area contributed by atoms with Gasteiger partial charge in [0.1, 0.15) is 11.9 Å². The van der Waals surface area contributed by atoms with Gasteiger partial charge in [-0.25, -0.2) is 0 Å². The zero-order valence-corrected chi connectivity index (χ0v) is 14.2. The first-order valence-corrected chi connectivity index (χ1v) is 8.80. The minimum Gasteiger partial charge on any atom is -0.489 e. The topological polar surface area (TPSA) is 30.5 Å². The van der Waals surface area contributed by atoms with Gasteiger partial charge in [-0.05, 0) is 47.8 Å². The second-order valence-corrected chi connectivity index (χ2v) is 6.98. The third-order valence-corrected chi connectivity index (χ3v) is 5.24. The number of rotatable bonds is 5. The zero-order chi connectivity index (χ0) is 14.7. The predicted octanol–water partition coefficient (Wildman–Crippen LogP) is 4.04. The molecule has 1 spiro atoms. The van der Waals surface area contributed by atoms with Crippen LogP contribution in [0.1, 0.15) is 44.6 Å². The molecule has 1 aliphatic carbocycles. The number of ether oxygens (including phenoxy) is 2. The van der Waals surface area contributed by atoms with E-state index in [1.165, 1.54) is 24.8 Å². The third-order valence-electron chi connectivity index (χ3n) is 4.61. The van der Waals surface area contributed by atoms with Crippen LogP contribution in [0.4, 0.5) is 0 Å². The lowest BCUT2D eigenvalue weighted by atomic mass is 9.74. The Balaban J connectivity index is 1.71. The van der Waals surface area contributed by atoms with Crippen molar-refractivity contribution in [3.63, 3.8) is 0 Å². The van der Waals surface area contributed by atoms with Crippen molar-refractivity contribution >= 4 is 15.9 Å². The Bertz CT molecular complexity index is 488. The van der Waals surface area contributed by atoms with Crippen LogP contribution < -0.4 is 10.1 Å². The summed E-state index contributed by atoms with van der Waals surface area (Å²) in [7, 11) is 0. The van der Waals surface area contributed by atoms with E-state index in [1.807, 2.05) is 0 Å². The molecule has 2 aliphatic rings. The van der Waals surface area contributed by atoms with Gasteiger partial charge in [0.05, 0.1) is 16.7 Å². The number of benzene rings is 1. The Morgan fingerprint density at radius 1 is 1.43 bits per heavy atom. The average Bonchev–Trinajstić information content (AvgIpc) is 2.46. The van der Waals surface area contributed by atoms with Crippen LogP contribution >= 0.6 is 15.9 Å². The monoisotopic (exact) mass is 353 g/mol. The van der Waals surface area contributed by atoms with E-state index in [0.29, 0.717) is 0 Å². The smallest absolute Gasteiger partial charge is 0.138 e. The largest absolute Gasteiger partial charge is 0.489 e. The van der Waals surface area contributed by atoms with Crippen LogP contribution in [0.15, 0.2) is 22.7 Å². The molecule has 1 saturated heterocycles. The van der Waals surface area contributed by atoms with Gasteiger partial charge in [-0.1, -0.05) is 19.1 Å². The minimum atomic E-state index is 0.131. The Kier molecular flexibility index (Phi) is 4.87. The number of halogens is 1. The lowest BCUT2D eigenvalue weighted by Crippen LogP contribution is -2.48. The molecule has 2 fully saturated rings. The lowest BCUT2D eigenvalue weighted by Gasteiger charge is -2.47. The fraction of sp³-hybridized carbons (Fsp3) is 0.647. The first-order valence-electron chi connectivity index (χ1n) is 8.01. The summed E-state index contributed by atoms with van der Waals surface area (Å²) in [6.07, 6.45) is 6.00. The SMILES string of the molecule is CCNCc1cccc(Br)c1OC1CCOC2(CCC2)C1. The Hall–Kier alpha value is -0.580. The summed E-state index contributed by atoms with van der Waals surface area (Å²) in [6, 6.07) is 6.27. The molecule has 1 N–H and O–H groups in total. The molecule has 4 heteroatoms. The summed E-state index contributed by atoms with van der Waals surface area (Å²) >= 11 is 3.64. The fourth-order valence-corrected chi connectivity index (χ4v) is 3.75. The summed E-state index contributed by atoms with van der Waals surface area (Å²) in [4.78, 5) is 0. The molecule has 21 heavy (non-hydrogen) atoms. The molecule has 3 nitrogen and oxygen atoms in total. The van der Waals surface area contributed by atoms with E-state index in [4.69, 9.17) is 9.47 Å². The molecule has 1 aliphatic heterocycles. The van der Waals surface area contributed by atoms with E-state index in [9.17, 15) is 0 Å². The highest BCUT2D eigenvalue weighted by molar-refractivity contribution is 9.10. The summed E-state index contributed by atoms with van der Waals surface area (Å²) in [5, 5.41) is 3.38. The minimum absolute atomic E-state index is 0.131. The van der Waals surface area contributed by atoms with Gasteiger partial charge >= 0.3 is 0 Å². The van der Waals surface area contributed by atoms with Crippen LogP contribution in [0.2, 0.25) is 0 Å². The summed E-state index contributed by atoms with van der Waals surface area (Å²) in [5.74, 6) is 1.000. The second-order valence-electron chi connectivity index (χ2n) is 6.13. The first-order chi connectivity index (χ1) is 10.2. The van der Waals surface area contributed by atoms with Crippen molar-refractivity contribution in [2.75, 3.05) is 13.2 Å². The molecule has 1 saturated carbocycles. The predicted molar refractivity (Wildman–Crippen MR) is 87.7 cm³/mol. The highest BCUT2D eigenvalue weighted by Crippen LogP contribution is 2.43. The van der Waals surface area contributed by atoms with Crippen LogP contribution in [0.25, 0.3) is 0 Å². The van der Waals surface area contributed by atoms with Crippen molar-refractivity contribution in [1.82, 2.24) is 5.32 Å². The van der Waals surface area contributed by atoms with Crippen LogP contribution in [-0.4, -0.2) is 24.9 Å². The van der Waals surface area contributed by atoms with E-state index < -0.39 is 0 Å². The van der Waals surface area contributed by atoms with Gasteiger partial charge in [-0.15, -0.1) is 0 Å². The zero-order valence-electron chi connectivity index (χ0n) is 12.7. The molecular formula is C17H24BrNO2. The van der Waals surface area contributed by atoms with Gasteiger partial charge in [0.25, 0.3) is 0 Å². The molecule has 1 unspecified atom stereocenters. The summed E-state index contributed by atoms with van der Waals surface area (Å²) < 4.78 is 13.4. The molecule has 0 amide bonds. The molecule has 3 rings (SSSR count). The standard InChI is InChI=1S/C17H24BrNO2/c1-2-19-12-13-5-3-6-15(18)16(13)21-14-7-10-20-17(11-14)8-4-9-17/h3,5-6,14,19H,2,4,7-12H2,1H3. The maximum absolute atomic E-state index is 6.38. The average molecular weight is 354 g/mol.